The van der Waals surface area contributed by atoms with E-state index in [4.69, 9.17) is 20.4 Å². The molecular weight excluding hydrogens is 456 g/mol. The van der Waals surface area contributed by atoms with Crippen molar-refractivity contribution < 1.29 is 14.3 Å². The van der Waals surface area contributed by atoms with Crippen molar-refractivity contribution in [2.75, 3.05) is 17.2 Å². The van der Waals surface area contributed by atoms with Gasteiger partial charge in [-0.3, -0.25) is 14.2 Å². The van der Waals surface area contributed by atoms with Gasteiger partial charge in [0.15, 0.2) is 0 Å². The number of aryl methyl sites for hydroxylation is 1. The number of fused-ring (bicyclic) bond motifs is 2. The molecule has 4 aromatic rings. The Morgan fingerprint density at radius 1 is 1.19 bits per heavy atom. The van der Waals surface area contributed by atoms with Gasteiger partial charge in [0.2, 0.25) is 17.8 Å². The van der Waals surface area contributed by atoms with Gasteiger partial charge in [-0.25, -0.2) is 4.98 Å². The van der Waals surface area contributed by atoms with E-state index in [0.29, 0.717) is 49.2 Å². The lowest BCUT2D eigenvalue weighted by atomic mass is 10.1. The fourth-order valence-corrected chi connectivity index (χ4v) is 4.39. The number of anilines is 2. The van der Waals surface area contributed by atoms with Crippen LogP contribution in [0.3, 0.4) is 0 Å². The summed E-state index contributed by atoms with van der Waals surface area (Å²) in [4.78, 5) is 33.2. The fraction of sp³-hybridized carbons (Fsp3) is 0.185. The maximum absolute atomic E-state index is 12.0. The maximum Gasteiger partial charge on any atom is 0.249 e. The van der Waals surface area contributed by atoms with E-state index in [0.717, 1.165) is 33.4 Å². The summed E-state index contributed by atoms with van der Waals surface area (Å²) in [6.45, 7) is 6.97. The first-order valence-corrected chi connectivity index (χ1v) is 11.6. The number of primary amides is 1. The second kappa shape index (κ2) is 9.63. The van der Waals surface area contributed by atoms with E-state index in [2.05, 4.69) is 17.2 Å². The smallest absolute Gasteiger partial charge is 0.249 e. The highest BCUT2D eigenvalue weighted by Crippen LogP contribution is 2.29. The lowest BCUT2D eigenvalue weighted by molar-refractivity contribution is -0.111. The second-order valence-electron chi connectivity index (χ2n) is 8.57. The lowest BCUT2D eigenvalue weighted by Gasteiger charge is -2.21. The molecule has 9 nitrogen and oxygen atoms in total. The number of rotatable bonds is 7. The van der Waals surface area contributed by atoms with Crippen LogP contribution in [0.2, 0.25) is 0 Å². The Morgan fingerprint density at radius 3 is 2.75 bits per heavy atom. The second-order valence-corrected chi connectivity index (χ2v) is 8.57. The Balaban J connectivity index is 1.49. The van der Waals surface area contributed by atoms with Gasteiger partial charge in [0.25, 0.3) is 0 Å². The number of nitrogens with one attached hydrogen (secondary N) is 2. The van der Waals surface area contributed by atoms with Crippen LogP contribution in [0, 0.1) is 6.92 Å². The topological polar surface area (TPSA) is 124 Å². The van der Waals surface area contributed by atoms with Gasteiger partial charge in [-0.05, 0) is 48.9 Å². The summed E-state index contributed by atoms with van der Waals surface area (Å²) in [6.07, 6.45) is 1.92. The fourth-order valence-electron chi connectivity index (χ4n) is 4.39. The number of aromatic nitrogens is 3. The molecule has 0 aliphatic carbocycles. The van der Waals surface area contributed by atoms with Crippen molar-refractivity contribution in [1.29, 1.82) is 0 Å². The molecule has 0 unspecified atom stereocenters. The molecule has 182 valence electrons. The number of ether oxygens (including phenoxy) is 1. The predicted molar refractivity (Wildman–Crippen MR) is 138 cm³/mol. The van der Waals surface area contributed by atoms with Crippen molar-refractivity contribution in [1.82, 2.24) is 14.5 Å². The van der Waals surface area contributed by atoms with E-state index in [1.54, 1.807) is 6.07 Å². The molecular formula is C27H26N6O3. The van der Waals surface area contributed by atoms with E-state index in [1.807, 2.05) is 54.0 Å². The number of nitrogens with zero attached hydrogens (tertiary/aromatic N) is 3. The molecule has 3 heterocycles. The molecule has 2 aromatic carbocycles. The van der Waals surface area contributed by atoms with Crippen LogP contribution in [0.5, 0.6) is 0 Å². The summed E-state index contributed by atoms with van der Waals surface area (Å²) in [6, 6.07) is 15.0. The summed E-state index contributed by atoms with van der Waals surface area (Å²) >= 11 is 0. The number of amides is 2. The summed E-state index contributed by atoms with van der Waals surface area (Å²) in [5.41, 5.74) is 11.4. The molecule has 0 spiro atoms. The molecule has 0 saturated heterocycles. The predicted octanol–water partition coefficient (Wildman–Crippen LogP) is 3.64. The Labute approximate surface area is 208 Å². The van der Waals surface area contributed by atoms with Crippen LogP contribution in [0.15, 0.2) is 61.2 Å². The lowest BCUT2D eigenvalue weighted by Crippen LogP contribution is -2.19. The van der Waals surface area contributed by atoms with E-state index in [1.165, 1.54) is 6.08 Å². The number of nitrogens with two attached hydrogens (primary N) is 1. The van der Waals surface area contributed by atoms with Gasteiger partial charge in [0.05, 0.1) is 24.4 Å². The van der Waals surface area contributed by atoms with Crippen LogP contribution in [0.25, 0.3) is 16.9 Å². The van der Waals surface area contributed by atoms with Crippen molar-refractivity contribution >= 4 is 34.2 Å². The number of hydrogen-bond acceptors (Lipinski definition) is 6. The summed E-state index contributed by atoms with van der Waals surface area (Å²) < 4.78 is 7.64. The average Bonchev–Trinajstić information content (AvgIpc) is 3.23. The van der Waals surface area contributed by atoms with Gasteiger partial charge in [-0.15, -0.1) is 0 Å². The molecule has 0 radical (unpaired) electrons. The van der Waals surface area contributed by atoms with Gasteiger partial charge in [-0.1, -0.05) is 24.8 Å². The normalized spacial score (nSPS) is 12.7. The van der Waals surface area contributed by atoms with Crippen molar-refractivity contribution in [2.24, 2.45) is 5.73 Å². The molecule has 0 fully saturated rings. The summed E-state index contributed by atoms with van der Waals surface area (Å²) in [5, 5.41) is 6.95. The van der Waals surface area contributed by atoms with Crippen LogP contribution in [-0.4, -0.2) is 33.0 Å². The maximum atomic E-state index is 12.0. The summed E-state index contributed by atoms with van der Waals surface area (Å²) in [7, 11) is 0. The SMILES string of the molecule is C=CC(=O)Nc1ccc(CNc2nc(-n3c(C)cc4c(C(N)=O)cccc43)nc3c2COCC3)cc1. The third-order valence-corrected chi connectivity index (χ3v) is 6.17. The molecule has 5 rings (SSSR count). The van der Waals surface area contributed by atoms with Crippen molar-refractivity contribution in [2.45, 2.75) is 26.5 Å². The first-order chi connectivity index (χ1) is 17.4. The number of hydrogen-bond donors (Lipinski definition) is 3. The van der Waals surface area contributed by atoms with Crippen molar-refractivity contribution in [3.63, 3.8) is 0 Å². The standard InChI is InChI=1S/C27H26N6O3/c1-3-24(34)30-18-9-7-17(8-10-18)14-29-26-21-15-36-12-11-22(21)31-27(32-26)33-16(2)13-20-19(25(28)35)5-4-6-23(20)33/h3-10,13H,1,11-12,14-15H2,2H3,(H2,28,35)(H,30,34)(H,29,31,32). The van der Waals surface area contributed by atoms with Crippen LogP contribution in [0.1, 0.15) is 32.9 Å². The summed E-state index contributed by atoms with van der Waals surface area (Å²) in [5.74, 6) is 0.497. The third kappa shape index (κ3) is 4.44. The minimum Gasteiger partial charge on any atom is -0.376 e. The highest BCUT2D eigenvalue weighted by Gasteiger charge is 2.21. The molecule has 0 saturated carbocycles. The zero-order valence-corrected chi connectivity index (χ0v) is 19.9. The van der Waals surface area contributed by atoms with Crippen LogP contribution >= 0.6 is 0 Å². The largest absolute Gasteiger partial charge is 0.376 e. The van der Waals surface area contributed by atoms with Crippen LogP contribution in [0.4, 0.5) is 11.5 Å². The Hall–Kier alpha value is -4.50. The van der Waals surface area contributed by atoms with Crippen LogP contribution < -0.4 is 16.4 Å². The van der Waals surface area contributed by atoms with Crippen molar-refractivity contribution in [3.8, 4) is 5.95 Å². The highest BCUT2D eigenvalue weighted by molar-refractivity contribution is 6.06. The highest BCUT2D eigenvalue weighted by atomic mass is 16.5. The van der Waals surface area contributed by atoms with Gasteiger partial charge in [0.1, 0.15) is 5.82 Å². The quantitative estimate of drug-likeness (QED) is 0.346. The van der Waals surface area contributed by atoms with Gasteiger partial charge in [0, 0.05) is 40.9 Å². The molecule has 36 heavy (non-hydrogen) atoms. The first kappa shape index (κ1) is 23.3. The number of carbonyl (C=O) groups is 2. The molecule has 0 bridgehead atoms. The minimum atomic E-state index is -0.473. The zero-order valence-electron chi connectivity index (χ0n) is 19.9. The van der Waals surface area contributed by atoms with Crippen LogP contribution in [-0.2, 0) is 29.1 Å². The van der Waals surface area contributed by atoms with E-state index < -0.39 is 5.91 Å². The van der Waals surface area contributed by atoms with E-state index >= 15 is 0 Å². The molecule has 9 heteroatoms. The Bertz CT molecular complexity index is 1490. The minimum absolute atomic E-state index is 0.253. The van der Waals surface area contributed by atoms with Crippen molar-refractivity contribution in [3.05, 3.63) is 89.3 Å². The molecule has 2 aromatic heterocycles. The monoisotopic (exact) mass is 482 g/mol. The first-order valence-electron chi connectivity index (χ1n) is 11.6. The molecule has 1 aliphatic heterocycles. The average molecular weight is 483 g/mol. The Kier molecular flexibility index (Phi) is 6.22. The molecule has 2 amide bonds. The zero-order chi connectivity index (χ0) is 25.2. The number of carbonyl (C=O) groups excluding carboxylic acids is 2. The van der Waals surface area contributed by atoms with E-state index in [-0.39, 0.29) is 5.91 Å². The van der Waals surface area contributed by atoms with E-state index in [9.17, 15) is 9.59 Å². The molecule has 0 atom stereocenters. The number of benzene rings is 2. The molecule has 1 aliphatic rings. The molecule has 4 N–H and O–H groups in total. The Morgan fingerprint density at radius 2 is 2.00 bits per heavy atom. The van der Waals surface area contributed by atoms with Gasteiger partial charge < -0.3 is 21.1 Å². The van der Waals surface area contributed by atoms with Gasteiger partial charge >= 0.3 is 0 Å². The third-order valence-electron chi connectivity index (χ3n) is 6.17. The van der Waals surface area contributed by atoms with Gasteiger partial charge in [-0.2, -0.15) is 4.98 Å².